The maximum Gasteiger partial charge on any atom is 0.142 e. The predicted octanol–water partition coefficient (Wildman–Crippen LogP) is 4.63. The van der Waals surface area contributed by atoms with Crippen molar-refractivity contribution in [2.75, 3.05) is 37.7 Å². The van der Waals surface area contributed by atoms with Gasteiger partial charge < -0.3 is 19.1 Å². The molecule has 0 radical (unpaired) electrons. The normalized spacial score (nSPS) is 18.0. The number of rotatable bonds is 6. The second kappa shape index (κ2) is 8.98. The van der Waals surface area contributed by atoms with Crippen molar-refractivity contribution in [3.63, 3.8) is 0 Å². The molecule has 2 atom stereocenters. The van der Waals surface area contributed by atoms with E-state index in [1.54, 1.807) is 31.1 Å². The average molecular weight is 430 g/mol. The molecule has 0 bridgehead atoms. The highest BCUT2D eigenvalue weighted by atomic mass is 32.2. The highest BCUT2D eigenvalue weighted by molar-refractivity contribution is 7.99. The Morgan fingerprint density at radius 2 is 2.07 bits per heavy atom. The number of piperidine rings is 1. The Hall–Kier alpha value is -2.06. The van der Waals surface area contributed by atoms with Gasteiger partial charge >= 0.3 is 0 Å². The molecule has 30 heavy (non-hydrogen) atoms. The van der Waals surface area contributed by atoms with Crippen molar-refractivity contribution >= 4 is 28.6 Å². The van der Waals surface area contributed by atoms with Gasteiger partial charge in [-0.1, -0.05) is 11.9 Å². The molecule has 0 spiro atoms. The molecule has 1 aliphatic heterocycles. The number of nitrogens with one attached hydrogen (secondary N) is 2. The Morgan fingerprint density at radius 3 is 2.70 bits per heavy atom. The van der Waals surface area contributed by atoms with Crippen LogP contribution in [0.1, 0.15) is 36.1 Å². The van der Waals surface area contributed by atoms with Crippen LogP contribution >= 0.6 is 11.9 Å². The molecule has 1 fully saturated rings. The lowest BCUT2D eigenvalue weighted by atomic mass is 9.89. The first-order valence-electron chi connectivity index (χ1n) is 10.2. The topological polar surface area (TPSA) is 60.7 Å². The van der Waals surface area contributed by atoms with Crippen LogP contribution in [0.25, 0.3) is 22.3 Å². The van der Waals surface area contributed by atoms with Crippen LogP contribution in [-0.4, -0.2) is 38.5 Å². The smallest absolute Gasteiger partial charge is 0.142 e. The summed E-state index contributed by atoms with van der Waals surface area (Å²) in [5.74, 6) is 0.654. The Balaban J connectivity index is 1.94. The molecule has 0 saturated carbocycles. The molecule has 0 aliphatic carbocycles. The van der Waals surface area contributed by atoms with Gasteiger partial charge in [0.2, 0.25) is 0 Å². The molecule has 4 rings (SSSR count). The molecule has 2 aromatic carbocycles. The van der Waals surface area contributed by atoms with Gasteiger partial charge in [-0.15, -0.1) is 0 Å². The third kappa shape index (κ3) is 3.95. The van der Waals surface area contributed by atoms with Crippen molar-refractivity contribution in [2.45, 2.75) is 25.0 Å². The van der Waals surface area contributed by atoms with Crippen molar-refractivity contribution in [2.24, 2.45) is 0 Å². The van der Waals surface area contributed by atoms with Crippen LogP contribution in [0.4, 0.5) is 10.1 Å². The monoisotopic (exact) mass is 429 g/mol. The van der Waals surface area contributed by atoms with Gasteiger partial charge in [0.15, 0.2) is 0 Å². The molecule has 160 valence electrons. The molecular weight excluding hydrogens is 401 g/mol. The SMILES string of the molecule is CNC(O)c1c(-c2ccc(F)cc2)oc2cc(N(C)SC)c([C@@H]3CCCNC3)cc12. The molecule has 1 aromatic heterocycles. The lowest BCUT2D eigenvalue weighted by Crippen LogP contribution is -2.29. The van der Waals surface area contributed by atoms with Crippen LogP contribution < -0.4 is 14.9 Å². The zero-order chi connectivity index (χ0) is 21.3. The number of nitrogens with zero attached hydrogens (tertiary/aromatic N) is 1. The van der Waals surface area contributed by atoms with Crippen molar-refractivity contribution in [3.8, 4) is 11.3 Å². The Labute approximate surface area is 180 Å². The molecule has 0 amide bonds. The maximum atomic E-state index is 13.5. The first-order valence-corrected chi connectivity index (χ1v) is 11.4. The minimum atomic E-state index is -0.896. The van der Waals surface area contributed by atoms with E-state index in [1.165, 1.54) is 17.7 Å². The molecule has 1 saturated heterocycles. The first kappa shape index (κ1) is 21.2. The number of furan rings is 1. The van der Waals surface area contributed by atoms with Crippen LogP contribution in [0, 0.1) is 5.82 Å². The van der Waals surface area contributed by atoms with Gasteiger partial charge in [-0.3, -0.25) is 5.32 Å². The van der Waals surface area contributed by atoms with Crippen molar-refractivity contribution in [1.82, 2.24) is 10.6 Å². The van der Waals surface area contributed by atoms with Crippen molar-refractivity contribution in [3.05, 3.63) is 53.3 Å². The van der Waals surface area contributed by atoms with Gasteiger partial charge in [0, 0.05) is 42.4 Å². The Kier molecular flexibility index (Phi) is 6.34. The lowest BCUT2D eigenvalue weighted by Gasteiger charge is -2.28. The van der Waals surface area contributed by atoms with Crippen LogP contribution in [0.5, 0.6) is 0 Å². The Bertz CT molecular complexity index is 1020. The zero-order valence-electron chi connectivity index (χ0n) is 17.5. The van der Waals surface area contributed by atoms with Gasteiger partial charge in [0.1, 0.15) is 23.4 Å². The zero-order valence-corrected chi connectivity index (χ0v) is 18.4. The largest absolute Gasteiger partial charge is 0.456 e. The van der Waals surface area contributed by atoms with Crippen LogP contribution in [0.3, 0.4) is 0 Å². The van der Waals surface area contributed by atoms with Gasteiger partial charge in [0.05, 0.1) is 5.69 Å². The van der Waals surface area contributed by atoms with E-state index in [-0.39, 0.29) is 5.82 Å². The van der Waals surface area contributed by atoms with Crippen molar-refractivity contribution < 1.29 is 13.9 Å². The molecule has 5 nitrogen and oxygen atoms in total. The van der Waals surface area contributed by atoms with E-state index in [0.29, 0.717) is 22.8 Å². The van der Waals surface area contributed by atoms with Gasteiger partial charge in [0.25, 0.3) is 0 Å². The standard InChI is InChI=1S/C23H28FN3O2S/c1-25-23(28)21-18-11-17(15-5-4-10-26-13-15)19(27(2)30-3)12-20(18)29-22(21)14-6-8-16(24)9-7-14/h6-9,11-12,15,23,25-26,28H,4-5,10,13H2,1-3H3/t15-,23?/m1/s1. The van der Waals surface area contributed by atoms with Gasteiger partial charge in [-0.05, 0) is 68.2 Å². The number of halogens is 1. The number of benzene rings is 2. The summed E-state index contributed by atoms with van der Waals surface area (Å²) in [6.45, 7) is 1.99. The molecule has 7 heteroatoms. The summed E-state index contributed by atoms with van der Waals surface area (Å²) < 4.78 is 21.9. The van der Waals surface area contributed by atoms with Crippen molar-refractivity contribution in [1.29, 1.82) is 0 Å². The van der Waals surface area contributed by atoms with Crippen LogP contribution in [0.2, 0.25) is 0 Å². The summed E-state index contributed by atoms with van der Waals surface area (Å²) in [4.78, 5) is 0. The predicted molar refractivity (Wildman–Crippen MR) is 122 cm³/mol. The number of anilines is 1. The van der Waals surface area contributed by atoms with E-state index >= 15 is 0 Å². The number of hydrogen-bond acceptors (Lipinski definition) is 6. The average Bonchev–Trinajstić information content (AvgIpc) is 3.16. The first-order chi connectivity index (χ1) is 14.5. The van der Waals surface area contributed by atoms with E-state index in [4.69, 9.17) is 4.42 Å². The Morgan fingerprint density at radius 1 is 1.30 bits per heavy atom. The van der Waals surface area contributed by atoms with Gasteiger partial charge in [-0.25, -0.2) is 4.39 Å². The second-order valence-electron chi connectivity index (χ2n) is 7.67. The second-order valence-corrected chi connectivity index (χ2v) is 8.59. The summed E-state index contributed by atoms with van der Waals surface area (Å²) in [6.07, 6.45) is 3.42. The maximum absolute atomic E-state index is 13.5. The van der Waals surface area contributed by atoms with Crippen LogP contribution in [0.15, 0.2) is 40.8 Å². The molecule has 3 N–H and O–H groups in total. The number of fused-ring (bicyclic) bond motifs is 1. The highest BCUT2D eigenvalue weighted by Gasteiger charge is 2.26. The molecule has 1 unspecified atom stereocenters. The summed E-state index contributed by atoms with van der Waals surface area (Å²) in [6, 6.07) is 10.4. The third-order valence-electron chi connectivity index (χ3n) is 5.88. The quantitative estimate of drug-likeness (QED) is 0.392. The minimum Gasteiger partial charge on any atom is -0.456 e. The van der Waals surface area contributed by atoms with Crippen LogP contribution in [-0.2, 0) is 0 Å². The van der Waals surface area contributed by atoms with E-state index < -0.39 is 6.23 Å². The summed E-state index contributed by atoms with van der Waals surface area (Å²) >= 11 is 1.65. The highest BCUT2D eigenvalue weighted by Crippen LogP contribution is 2.43. The van der Waals surface area contributed by atoms with E-state index in [2.05, 4.69) is 40.4 Å². The minimum absolute atomic E-state index is 0.304. The number of aliphatic hydroxyl groups is 1. The van der Waals surface area contributed by atoms with E-state index in [9.17, 15) is 9.50 Å². The molecule has 3 aromatic rings. The fraction of sp³-hybridized carbons (Fsp3) is 0.391. The fourth-order valence-corrected chi connectivity index (χ4v) is 4.57. The van der Waals surface area contributed by atoms with E-state index in [1.807, 2.05) is 0 Å². The summed E-state index contributed by atoms with van der Waals surface area (Å²) in [5, 5.41) is 18.1. The summed E-state index contributed by atoms with van der Waals surface area (Å²) in [5.41, 5.74) is 4.50. The molecular formula is C23H28FN3O2S. The number of aliphatic hydroxyl groups excluding tert-OH is 1. The third-order valence-corrected chi connectivity index (χ3v) is 6.62. The fourth-order valence-electron chi connectivity index (χ4n) is 4.21. The van der Waals surface area contributed by atoms with Gasteiger partial charge in [-0.2, -0.15) is 0 Å². The summed E-state index contributed by atoms with van der Waals surface area (Å²) in [7, 11) is 3.76. The molecule has 1 aliphatic rings. The number of hydrogen-bond donors (Lipinski definition) is 3. The molecule has 2 heterocycles. The lowest BCUT2D eigenvalue weighted by molar-refractivity contribution is 0.150. The van der Waals surface area contributed by atoms with E-state index in [0.717, 1.165) is 42.6 Å².